The Hall–Kier alpha value is -2.20. The van der Waals surface area contributed by atoms with E-state index in [4.69, 9.17) is 9.95 Å². The predicted octanol–water partition coefficient (Wildman–Crippen LogP) is 3.60. The quantitative estimate of drug-likeness (QED) is 0.494. The van der Waals surface area contributed by atoms with Gasteiger partial charge in [0.2, 0.25) is 0 Å². The van der Waals surface area contributed by atoms with Crippen LogP contribution in [0.15, 0.2) is 28.1 Å². The van der Waals surface area contributed by atoms with Crippen LogP contribution >= 0.6 is 0 Å². The first-order chi connectivity index (χ1) is 8.24. The maximum atomic E-state index is 8.43. The van der Waals surface area contributed by atoms with Crippen LogP contribution in [0.25, 0.3) is 21.7 Å². The van der Waals surface area contributed by atoms with Gasteiger partial charge in [-0.15, -0.1) is 0 Å². The first kappa shape index (κ1) is 11.3. The minimum atomic E-state index is 0.293. The highest BCUT2D eigenvalue weighted by Gasteiger charge is 2.16. The summed E-state index contributed by atoms with van der Waals surface area (Å²) in [5.41, 5.74) is 12.0. The molecule has 6 heteroatoms. The van der Waals surface area contributed by atoms with E-state index in [0.29, 0.717) is 12.5 Å². The van der Waals surface area contributed by atoms with Crippen LogP contribution in [-0.4, -0.2) is 10.2 Å². The van der Waals surface area contributed by atoms with Gasteiger partial charge in [-0.25, -0.2) is 0 Å². The zero-order chi connectivity index (χ0) is 12.3. The van der Waals surface area contributed by atoms with Crippen molar-refractivity contribution in [2.75, 3.05) is 0 Å². The highest BCUT2D eigenvalue weighted by atomic mass is 16.3. The summed E-state index contributed by atoms with van der Waals surface area (Å²) in [6.07, 6.45) is 3.22. The van der Waals surface area contributed by atoms with Crippen LogP contribution in [0.1, 0.15) is 31.0 Å². The van der Waals surface area contributed by atoms with Crippen LogP contribution in [0.5, 0.6) is 0 Å². The van der Waals surface area contributed by atoms with Crippen molar-refractivity contribution in [2.24, 2.45) is 5.11 Å². The number of azide groups is 1. The second-order valence-electron chi connectivity index (χ2n) is 4.02. The monoisotopic (exact) mass is 231 g/mol. The zero-order valence-electron chi connectivity index (χ0n) is 9.71. The lowest BCUT2D eigenvalue weighted by Crippen LogP contribution is -1.93. The smallest absolute Gasteiger partial charge is 0.0997 e. The third-order valence-electron chi connectivity index (χ3n) is 2.56. The molecule has 0 spiro atoms. The van der Waals surface area contributed by atoms with Crippen LogP contribution in [0, 0.1) is 0 Å². The Morgan fingerprint density at radius 3 is 3.00 bits per heavy atom. The van der Waals surface area contributed by atoms with Crippen LogP contribution in [-0.2, 0) is 6.54 Å². The van der Waals surface area contributed by atoms with E-state index in [2.05, 4.69) is 34.1 Å². The molecule has 0 aliphatic rings. The number of nitrogens with one attached hydrogen (secondary N) is 1. The standard InChI is InChI=1S/C11H13N5O/c1-7(2)10-9(5-13-16-12)11(15-14-10)8-3-4-17-6-8/h3-4,6-7H,5H2,1-2H3,(H,14,15). The van der Waals surface area contributed by atoms with Crippen LogP contribution in [0.2, 0.25) is 0 Å². The van der Waals surface area contributed by atoms with Crippen molar-refractivity contribution in [1.29, 1.82) is 0 Å². The summed E-state index contributed by atoms with van der Waals surface area (Å²) >= 11 is 0. The maximum Gasteiger partial charge on any atom is 0.0997 e. The molecule has 0 aromatic carbocycles. The van der Waals surface area contributed by atoms with E-state index in [-0.39, 0.29) is 0 Å². The largest absolute Gasteiger partial charge is 0.472 e. The molecular weight excluding hydrogens is 218 g/mol. The highest BCUT2D eigenvalue weighted by Crippen LogP contribution is 2.28. The normalized spacial score (nSPS) is 10.5. The molecule has 0 aliphatic carbocycles. The Balaban J connectivity index is 2.48. The van der Waals surface area contributed by atoms with Gasteiger partial charge < -0.3 is 4.42 Å². The average molecular weight is 231 g/mol. The Morgan fingerprint density at radius 2 is 2.41 bits per heavy atom. The molecule has 0 saturated carbocycles. The summed E-state index contributed by atoms with van der Waals surface area (Å²) in [5, 5.41) is 10.9. The van der Waals surface area contributed by atoms with Crippen molar-refractivity contribution in [1.82, 2.24) is 10.2 Å². The predicted molar refractivity (Wildman–Crippen MR) is 63.2 cm³/mol. The molecule has 0 saturated heterocycles. The summed E-state index contributed by atoms with van der Waals surface area (Å²) in [4.78, 5) is 2.79. The first-order valence-electron chi connectivity index (χ1n) is 5.34. The summed E-state index contributed by atoms with van der Waals surface area (Å²) in [7, 11) is 0. The lowest BCUT2D eigenvalue weighted by atomic mass is 10.0. The lowest BCUT2D eigenvalue weighted by Gasteiger charge is -2.04. The minimum Gasteiger partial charge on any atom is -0.472 e. The second kappa shape index (κ2) is 4.76. The molecule has 2 heterocycles. The van der Waals surface area contributed by atoms with Crippen molar-refractivity contribution < 1.29 is 4.42 Å². The van der Waals surface area contributed by atoms with E-state index in [1.54, 1.807) is 12.5 Å². The molecule has 2 aromatic heterocycles. The molecule has 0 radical (unpaired) electrons. The van der Waals surface area contributed by atoms with E-state index in [1.807, 2.05) is 6.07 Å². The van der Waals surface area contributed by atoms with Gasteiger partial charge in [0.25, 0.3) is 0 Å². The molecule has 2 aromatic rings. The second-order valence-corrected chi connectivity index (χ2v) is 4.02. The van der Waals surface area contributed by atoms with Gasteiger partial charge in [-0.3, -0.25) is 5.10 Å². The number of aromatic nitrogens is 2. The molecule has 0 aliphatic heterocycles. The number of hydrogen-bond acceptors (Lipinski definition) is 3. The highest BCUT2D eigenvalue weighted by molar-refractivity contribution is 5.63. The number of furan rings is 1. The van der Waals surface area contributed by atoms with Gasteiger partial charge in [0.1, 0.15) is 0 Å². The fraction of sp³-hybridized carbons (Fsp3) is 0.364. The molecule has 0 bridgehead atoms. The Labute approximate surface area is 98.3 Å². The van der Waals surface area contributed by atoms with Gasteiger partial charge in [-0.05, 0) is 17.5 Å². The van der Waals surface area contributed by atoms with Gasteiger partial charge in [-0.2, -0.15) is 5.10 Å². The fourth-order valence-corrected chi connectivity index (χ4v) is 1.76. The van der Waals surface area contributed by atoms with Crippen molar-refractivity contribution in [3.8, 4) is 11.3 Å². The fourth-order valence-electron chi connectivity index (χ4n) is 1.76. The van der Waals surface area contributed by atoms with E-state index in [9.17, 15) is 0 Å². The van der Waals surface area contributed by atoms with Crippen LogP contribution in [0.4, 0.5) is 0 Å². The Morgan fingerprint density at radius 1 is 1.59 bits per heavy atom. The van der Waals surface area contributed by atoms with Crippen LogP contribution in [0.3, 0.4) is 0 Å². The summed E-state index contributed by atoms with van der Waals surface area (Å²) in [6.45, 7) is 4.42. The van der Waals surface area contributed by atoms with Crippen molar-refractivity contribution in [3.05, 3.63) is 40.3 Å². The third kappa shape index (κ3) is 2.16. The minimum absolute atomic E-state index is 0.293. The molecule has 0 fully saturated rings. The van der Waals surface area contributed by atoms with Crippen molar-refractivity contribution in [3.63, 3.8) is 0 Å². The van der Waals surface area contributed by atoms with E-state index < -0.39 is 0 Å². The Bertz CT molecular complexity index is 534. The topological polar surface area (TPSA) is 90.6 Å². The van der Waals surface area contributed by atoms with E-state index >= 15 is 0 Å². The molecule has 88 valence electrons. The molecule has 0 unspecified atom stereocenters. The summed E-state index contributed by atoms with van der Waals surface area (Å²) in [5.74, 6) is 0.298. The molecule has 0 amide bonds. The van der Waals surface area contributed by atoms with Crippen molar-refractivity contribution in [2.45, 2.75) is 26.3 Å². The maximum absolute atomic E-state index is 8.43. The number of aromatic amines is 1. The SMILES string of the molecule is CC(C)c1[nH]nc(-c2ccoc2)c1CN=[N+]=[N-]. The van der Waals surface area contributed by atoms with E-state index in [1.165, 1.54) is 0 Å². The molecule has 6 nitrogen and oxygen atoms in total. The van der Waals surface area contributed by atoms with Crippen molar-refractivity contribution >= 4 is 0 Å². The number of rotatable bonds is 4. The lowest BCUT2D eigenvalue weighted by molar-refractivity contribution is 0.568. The van der Waals surface area contributed by atoms with Gasteiger partial charge in [0, 0.05) is 21.7 Å². The summed E-state index contributed by atoms with van der Waals surface area (Å²) in [6, 6.07) is 1.83. The third-order valence-corrected chi connectivity index (χ3v) is 2.56. The Kier molecular flexibility index (Phi) is 3.16. The molecule has 17 heavy (non-hydrogen) atoms. The number of hydrogen-bond donors (Lipinski definition) is 1. The van der Waals surface area contributed by atoms with Gasteiger partial charge >= 0.3 is 0 Å². The van der Waals surface area contributed by atoms with Gasteiger partial charge in [-0.1, -0.05) is 19.0 Å². The number of H-pyrrole nitrogens is 1. The van der Waals surface area contributed by atoms with Gasteiger partial charge in [0.05, 0.1) is 24.8 Å². The first-order valence-corrected chi connectivity index (χ1v) is 5.34. The van der Waals surface area contributed by atoms with E-state index in [0.717, 1.165) is 22.5 Å². The summed E-state index contributed by atoms with van der Waals surface area (Å²) < 4.78 is 5.04. The van der Waals surface area contributed by atoms with Gasteiger partial charge in [0.15, 0.2) is 0 Å². The molecule has 0 atom stereocenters. The average Bonchev–Trinajstić information content (AvgIpc) is 2.94. The molecule has 2 rings (SSSR count). The number of nitrogens with zero attached hydrogens (tertiary/aromatic N) is 4. The molecule has 1 N–H and O–H groups in total. The van der Waals surface area contributed by atoms with Crippen LogP contribution < -0.4 is 0 Å². The zero-order valence-corrected chi connectivity index (χ0v) is 9.71. The molecular formula is C11H13N5O.